The van der Waals surface area contributed by atoms with Gasteiger partial charge in [-0.15, -0.1) is 0 Å². The third-order valence-electron chi connectivity index (χ3n) is 3.45. The number of carbonyl (C=O) groups is 1. The number of aryl methyl sites for hydroxylation is 1. The molecule has 1 aromatic heterocycles. The molecule has 0 aliphatic carbocycles. The number of carbonyl (C=O) groups excluding carboxylic acids is 1. The van der Waals surface area contributed by atoms with Crippen molar-refractivity contribution in [2.24, 2.45) is 10.7 Å². The summed E-state index contributed by atoms with van der Waals surface area (Å²) in [5.41, 5.74) is 6.86. The van der Waals surface area contributed by atoms with Gasteiger partial charge in [-0.25, -0.2) is 4.98 Å². The molecule has 0 bridgehead atoms. The number of hydrogen-bond acceptors (Lipinski definition) is 4. The molecule has 0 radical (unpaired) electrons. The van der Waals surface area contributed by atoms with Crippen LogP contribution in [0.25, 0.3) is 0 Å². The number of amides is 1. The summed E-state index contributed by atoms with van der Waals surface area (Å²) >= 11 is 0. The van der Waals surface area contributed by atoms with Crippen molar-refractivity contribution in [2.45, 2.75) is 32.1 Å². The molecule has 1 aromatic carbocycles. The first-order valence-electron chi connectivity index (χ1n) is 7.64. The van der Waals surface area contributed by atoms with Gasteiger partial charge >= 0.3 is 0 Å². The van der Waals surface area contributed by atoms with Crippen LogP contribution in [-0.4, -0.2) is 33.6 Å². The fourth-order valence-corrected chi connectivity index (χ4v) is 2.21. The second-order valence-corrected chi connectivity index (χ2v) is 5.37. The molecule has 0 aliphatic heterocycles. The highest BCUT2D eigenvalue weighted by molar-refractivity contribution is 5.96. The quantitative estimate of drug-likeness (QED) is 0.407. The minimum absolute atomic E-state index is 0.127. The molecule has 0 spiro atoms. The SMILES string of the molecule is CC(CC(=O)NC(N)=NCCCc1ncn[nH]1)c1ccccc1. The van der Waals surface area contributed by atoms with Gasteiger partial charge in [0, 0.05) is 19.4 Å². The highest BCUT2D eigenvalue weighted by atomic mass is 16.1. The first kappa shape index (κ1) is 16.7. The van der Waals surface area contributed by atoms with Crippen LogP contribution in [-0.2, 0) is 11.2 Å². The lowest BCUT2D eigenvalue weighted by atomic mass is 9.98. The van der Waals surface area contributed by atoms with Gasteiger partial charge in [0.05, 0.1) is 0 Å². The highest BCUT2D eigenvalue weighted by Crippen LogP contribution is 2.17. The molecular weight excluding hydrogens is 292 g/mol. The van der Waals surface area contributed by atoms with E-state index in [2.05, 4.69) is 25.5 Å². The summed E-state index contributed by atoms with van der Waals surface area (Å²) in [5.74, 6) is 0.987. The van der Waals surface area contributed by atoms with E-state index in [9.17, 15) is 4.79 Å². The first-order chi connectivity index (χ1) is 11.1. The molecule has 4 N–H and O–H groups in total. The zero-order valence-corrected chi connectivity index (χ0v) is 13.2. The fraction of sp³-hybridized carbons (Fsp3) is 0.375. The minimum atomic E-state index is -0.127. The maximum atomic E-state index is 12.0. The summed E-state index contributed by atoms with van der Waals surface area (Å²) < 4.78 is 0. The number of aliphatic imine (C=N–C) groups is 1. The van der Waals surface area contributed by atoms with E-state index in [1.807, 2.05) is 37.3 Å². The summed E-state index contributed by atoms with van der Waals surface area (Å²) in [4.78, 5) is 20.1. The first-order valence-corrected chi connectivity index (χ1v) is 7.64. The van der Waals surface area contributed by atoms with Crippen molar-refractivity contribution in [3.63, 3.8) is 0 Å². The van der Waals surface area contributed by atoms with Crippen molar-refractivity contribution in [3.8, 4) is 0 Å². The van der Waals surface area contributed by atoms with Crippen molar-refractivity contribution < 1.29 is 4.79 Å². The number of guanidine groups is 1. The van der Waals surface area contributed by atoms with Gasteiger partial charge in [0.15, 0.2) is 5.96 Å². The van der Waals surface area contributed by atoms with E-state index in [0.717, 1.165) is 24.2 Å². The summed E-state index contributed by atoms with van der Waals surface area (Å²) in [5, 5.41) is 9.19. The van der Waals surface area contributed by atoms with Crippen molar-refractivity contribution in [1.82, 2.24) is 20.5 Å². The van der Waals surface area contributed by atoms with Crippen LogP contribution >= 0.6 is 0 Å². The molecule has 122 valence electrons. The van der Waals surface area contributed by atoms with Gasteiger partial charge in [0.25, 0.3) is 0 Å². The van der Waals surface area contributed by atoms with Crippen LogP contribution in [0.15, 0.2) is 41.7 Å². The predicted octanol–water partition coefficient (Wildman–Crippen LogP) is 1.36. The number of H-pyrrole nitrogens is 1. The number of rotatable bonds is 7. The number of aromatic nitrogens is 3. The lowest BCUT2D eigenvalue weighted by Gasteiger charge is -2.11. The summed E-state index contributed by atoms with van der Waals surface area (Å²) in [7, 11) is 0. The third kappa shape index (κ3) is 5.90. The fourth-order valence-electron chi connectivity index (χ4n) is 2.21. The largest absolute Gasteiger partial charge is 0.370 e. The van der Waals surface area contributed by atoms with E-state index in [1.165, 1.54) is 6.33 Å². The summed E-state index contributed by atoms with van der Waals surface area (Å²) in [6.07, 6.45) is 3.38. The zero-order valence-electron chi connectivity index (χ0n) is 13.2. The number of nitrogens with two attached hydrogens (primary N) is 1. The van der Waals surface area contributed by atoms with Crippen LogP contribution in [0.2, 0.25) is 0 Å². The Balaban J connectivity index is 1.70. The molecule has 2 aromatic rings. The topological polar surface area (TPSA) is 109 Å². The standard InChI is InChI=1S/C16H22N6O/c1-12(13-6-3-2-4-7-13)10-15(23)21-16(17)18-9-5-8-14-19-11-20-22-14/h2-4,6-7,11-12H,5,8-10H2,1H3,(H,19,20,22)(H3,17,18,21,23). The van der Waals surface area contributed by atoms with Crippen molar-refractivity contribution in [1.29, 1.82) is 0 Å². The maximum absolute atomic E-state index is 12.0. The van der Waals surface area contributed by atoms with E-state index in [0.29, 0.717) is 13.0 Å². The van der Waals surface area contributed by atoms with E-state index >= 15 is 0 Å². The van der Waals surface area contributed by atoms with E-state index in [-0.39, 0.29) is 17.8 Å². The number of benzene rings is 1. The average molecular weight is 314 g/mol. The van der Waals surface area contributed by atoms with Gasteiger partial charge in [-0.1, -0.05) is 37.3 Å². The van der Waals surface area contributed by atoms with Crippen LogP contribution < -0.4 is 11.1 Å². The van der Waals surface area contributed by atoms with E-state index in [1.54, 1.807) is 0 Å². The van der Waals surface area contributed by atoms with Crippen LogP contribution in [0.5, 0.6) is 0 Å². The lowest BCUT2D eigenvalue weighted by molar-refractivity contribution is -0.120. The van der Waals surface area contributed by atoms with Crippen molar-refractivity contribution in [2.75, 3.05) is 6.54 Å². The van der Waals surface area contributed by atoms with Gasteiger partial charge < -0.3 is 5.73 Å². The van der Waals surface area contributed by atoms with Crippen molar-refractivity contribution >= 4 is 11.9 Å². The molecule has 1 unspecified atom stereocenters. The molecule has 0 fully saturated rings. The number of hydrogen-bond donors (Lipinski definition) is 3. The Labute approximate surface area is 135 Å². The van der Waals surface area contributed by atoms with Crippen LogP contribution in [0.3, 0.4) is 0 Å². The Bertz CT molecular complexity index is 623. The second-order valence-electron chi connectivity index (χ2n) is 5.37. The predicted molar refractivity (Wildman–Crippen MR) is 88.8 cm³/mol. The average Bonchev–Trinajstić information content (AvgIpc) is 3.05. The monoisotopic (exact) mass is 314 g/mol. The van der Waals surface area contributed by atoms with Gasteiger partial charge in [-0.05, 0) is 17.9 Å². The third-order valence-corrected chi connectivity index (χ3v) is 3.45. The van der Waals surface area contributed by atoms with Crippen molar-refractivity contribution in [3.05, 3.63) is 48.0 Å². The van der Waals surface area contributed by atoms with Gasteiger partial charge in [-0.2, -0.15) is 5.10 Å². The number of nitrogens with zero attached hydrogens (tertiary/aromatic N) is 3. The smallest absolute Gasteiger partial charge is 0.227 e. The molecule has 23 heavy (non-hydrogen) atoms. The Kier molecular flexibility index (Phi) is 6.28. The molecule has 0 aliphatic rings. The summed E-state index contributed by atoms with van der Waals surface area (Å²) in [6.45, 7) is 2.54. The molecule has 0 saturated heterocycles. The molecule has 7 heteroatoms. The van der Waals surface area contributed by atoms with E-state index < -0.39 is 0 Å². The van der Waals surface area contributed by atoms with Crippen LogP contribution in [0.4, 0.5) is 0 Å². The normalized spacial score (nSPS) is 12.8. The molecule has 1 atom stereocenters. The maximum Gasteiger partial charge on any atom is 0.227 e. The molecular formula is C16H22N6O. The Morgan fingerprint density at radius 3 is 2.87 bits per heavy atom. The Morgan fingerprint density at radius 2 is 2.17 bits per heavy atom. The molecule has 1 amide bonds. The highest BCUT2D eigenvalue weighted by Gasteiger charge is 2.11. The molecule has 0 saturated carbocycles. The lowest BCUT2D eigenvalue weighted by Crippen LogP contribution is -2.37. The van der Waals surface area contributed by atoms with Crippen LogP contribution in [0.1, 0.15) is 37.1 Å². The number of nitrogens with one attached hydrogen (secondary N) is 2. The van der Waals surface area contributed by atoms with Gasteiger partial charge in [-0.3, -0.25) is 20.2 Å². The zero-order chi connectivity index (χ0) is 16.5. The summed E-state index contributed by atoms with van der Waals surface area (Å²) in [6, 6.07) is 9.92. The van der Waals surface area contributed by atoms with E-state index in [4.69, 9.17) is 5.73 Å². The van der Waals surface area contributed by atoms with Crippen LogP contribution in [0, 0.1) is 0 Å². The second kappa shape index (κ2) is 8.67. The Hall–Kier alpha value is -2.70. The Morgan fingerprint density at radius 1 is 1.39 bits per heavy atom. The molecule has 2 rings (SSSR count). The number of aromatic amines is 1. The van der Waals surface area contributed by atoms with Gasteiger partial charge in [0.2, 0.25) is 5.91 Å². The molecule has 7 nitrogen and oxygen atoms in total. The molecule has 1 heterocycles. The minimum Gasteiger partial charge on any atom is -0.370 e. The van der Waals surface area contributed by atoms with Gasteiger partial charge in [0.1, 0.15) is 12.2 Å².